The monoisotopic (exact) mass is 853 g/mol. The number of hydrogen-bond acceptors (Lipinski definition) is 5. The molecule has 2 aliphatic heterocycles. The van der Waals surface area contributed by atoms with Gasteiger partial charge in [-0.3, -0.25) is 0 Å². The van der Waals surface area contributed by atoms with Crippen LogP contribution in [0.3, 0.4) is 0 Å². The second kappa shape index (κ2) is 19.1. The number of rotatable bonds is 10. The molecule has 0 spiro atoms. The zero-order valence-corrected chi connectivity index (χ0v) is 36.5. The molecule has 0 aromatic heterocycles. The van der Waals surface area contributed by atoms with Gasteiger partial charge in [-0.1, -0.05) is 91.8 Å². The molecule has 1 saturated heterocycles. The Kier molecular flexibility index (Phi) is 15.4. The van der Waals surface area contributed by atoms with Crippen molar-refractivity contribution in [3.8, 4) is 5.75 Å². The number of carbonyl (C=O) groups excluding carboxylic acids is 2. The molecule has 7 nitrogen and oxygen atoms in total. The zero-order chi connectivity index (χ0) is 39.1. The van der Waals surface area contributed by atoms with Gasteiger partial charge in [-0.2, -0.15) is 6.67 Å². The third kappa shape index (κ3) is 10.2. The SMILES string of the molecule is CC(C)c1cccc(C(C)C)c1N1[CH-]N(c2c(C(C)C)cccc2C(C)C)CC1.CCC1[OH+]c2c([CH]=[Ru]([Cl])[Cl])cccc2N(C(=O)OCC(C)C)C1=O. The summed E-state index contributed by atoms with van der Waals surface area (Å²) < 4.78 is 11.5. The molecule has 0 radical (unpaired) electrons. The topological polar surface area (TPSA) is 65.9 Å². The van der Waals surface area contributed by atoms with Crippen molar-refractivity contribution in [2.45, 2.75) is 112 Å². The molecule has 292 valence electrons. The molecule has 2 amide bonds. The summed E-state index contributed by atoms with van der Waals surface area (Å²) in [4.78, 5) is 31.2. The van der Waals surface area contributed by atoms with E-state index in [1.807, 2.05) is 26.8 Å². The van der Waals surface area contributed by atoms with Crippen LogP contribution in [0.2, 0.25) is 0 Å². The van der Waals surface area contributed by atoms with Gasteiger partial charge in [0.15, 0.2) is 0 Å². The van der Waals surface area contributed by atoms with Gasteiger partial charge in [-0.05, 0) is 45.9 Å². The predicted octanol–water partition coefficient (Wildman–Crippen LogP) is 11.5. The first-order chi connectivity index (χ1) is 25.1. The number of anilines is 3. The quantitative estimate of drug-likeness (QED) is 0.115. The van der Waals surface area contributed by atoms with Crippen molar-refractivity contribution in [3.05, 3.63) is 89.1 Å². The molecular formula is C43H59Cl2N3O4Ru. The van der Waals surface area contributed by atoms with E-state index in [1.54, 1.807) is 16.7 Å². The first-order valence-corrected chi connectivity index (χ1v) is 24.4. The molecule has 53 heavy (non-hydrogen) atoms. The zero-order valence-electron chi connectivity index (χ0n) is 33.3. The Bertz CT molecular complexity index is 1650. The third-order valence-electron chi connectivity index (χ3n) is 9.49. The average Bonchev–Trinajstić information content (AvgIpc) is 3.59. The Morgan fingerprint density at radius 1 is 0.811 bits per heavy atom. The molecule has 10 heteroatoms. The predicted molar refractivity (Wildman–Crippen MR) is 221 cm³/mol. The molecule has 0 bridgehead atoms. The molecule has 5 rings (SSSR count). The molecule has 0 aliphatic carbocycles. The number of ether oxygens (including phenoxy) is 2. The average molecular weight is 854 g/mol. The van der Waals surface area contributed by atoms with Crippen LogP contribution in [0.15, 0.2) is 54.6 Å². The number of benzene rings is 3. The van der Waals surface area contributed by atoms with Crippen molar-refractivity contribution in [2.75, 3.05) is 34.4 Å². The van der Waals surface area contributed by atoms with Gasteiger partial charge in [0.2, 0.25) is 0 Å². The van der Waals surface area contributed by atoms with Crippen molar-refractivity contribution in [1.82, 2.24) is 0 Å². The van der Waals surface area contributed by atoms with Gasteiger partial charge in [-0.25, -0.2) is 0 Å². The number of carbonyl (C=O) groups is 2. The Hall–Kier alpha value is -2.93. The van der Waals surface area contributed by atoms with Gasteiger partial charge >= 0.3 is 154 Å². The van der Waals surface area contributed by atoms with Gasteiger partial charge in [0.25, 0.3) is 0 Å². The Morgan fingerprint density at radius 2 is 1.26 bits per heavy atom. The van der Waals surface area contributed by atoms with Gasteiger partial charge < -0.3 is 9.80 Å². The van der Waals surface area contributed by atoms with E-state index in [9.17, 15) is 9.59 Å². The first-order valence-electron chi connectivity index (χ1n) is 18.9. The first kappa shape index (κ1) is 42.8. The van der Waals surface area contributed by atoms with E-state index in [4.69, 9.17) is 24.1 Å². The number of halogens is 2. The molecule has 2 aliphatic rings. The van der Waals surface area contributed by atoms with Crippen LogP contribution in [0.4, 0.5) is 21.9 Å². The summed E-state index contributed by atoms with van der Waals surface area (Å²) >= 11 is -2.07. The van der Waals surface area contributed by atoms with Crippen LogP contribution in [0.25, 0.3) is 0 Å². The molecule has 3 aromatic carbocycles. The summed E-state index contributed by atoms with van der Waals surface area (Å²) in [6.45, 7) is 28.9. The van der Waals surface area contributed by atoms with Crippen LogP contribution in [-0.4, -0.2) is 47.1 Å². The van der Waals surface area contributed by atoms with Gasteiger partial charge in [-0.15, -0.1) is 0 Å². The minimum atomic E-state index is -2.07. The van der Waals surface area contributed by atoms with E-state index in [0.29, 0.717) is 41.5 Å². The van der Waals surface area contributed by atoms with E-state index < -0.39 is 25.7 Å². The van der Waals surface area contributed by atoms with Crippen molar-refractivity contribution in [2.24, 2.45) is 5.92 Å². The second-order valence-corrected chi connectivity index (χ2v) is 21.1. The molecule has 1 atom stereocenters. The number of fused-ring (bicyclic) bond motifs is 1. The molecule has 1 unspecified atom stereocenters. The maximum atomic E-state index is 12.6. The summed E-state index contributed by atoms with van der Waals surface area (Å²) in [6, 6.07) is 18.9. The Morgan fingerprint density at radius 3 is 1.66 bits per heavy atom. The number of amides is 2. The molecule has 0 saturated carbocycles. The summed E-state index contributed by atoms with van der Waals surface area (Å²) in [7, 11) is 12.0. The Labute approximate surface area is 331 Å². The van der Waals surface area contributed by atoms with Crippen LogP contribution in [0.5, 0.6) is 5.75 Å². The fraction of sp³-hybridized carbons (Fsp3) is 0.488. The third-order valence-corrected chi connectivity index (χ3v) is 11.3. The van der Waals surface area contributed by atoms with Crippen LogP contribution in [-0.2, 0) is 23.0 Å². The molecular weight excluding hydrogens is 794 g/mol. The van der Waals surface area contributed by atoms with Crippen molar-refractivity contribution < 1.29 is 32.6 Å². The van der Waals surface area contributed by atoms with Gasteiger partial charge in [0.1, 0.15) is 0 Å². The summed E-state index contributed by atoms with van der Waals surface area (Å²) in [5.41, 5.74) is 9.82. The standard InChI is InChI=1S/C27H39N2.C16H19NO4.2ClH.Ru/c1-18(2)22-11-9-12-23(19(3)4)26(22)28-15-16-29(17-28)27-24(20(5)6)13-10-14-25(27)21(7)8;1-5-13-15(18)17(16(19)20-9-10(2)3)12-8-6-7-11(4)14(12)21-13;;;/h9-14,17-21H,15-16H2,1-8H3;4,6-8,10,13H,5,9H2,1-3H3;2*1H;/q-1;;;;+2/p-1. The van der Waals surface area contributed by atoms with Crippen molar-refractivity contribution >= 4 is 53.1 Å². The summed E-state index contributed by atoms with van der Waals surface area (Å²) in [5, 5.41) is 0. The van der Waals surface area contributed by atoms with Crippen LogP contribution in [0.1, 0.15) is 134 Å². The van der Waals surface area contributed by atoms with E-state index in [-0.39, 0.29) is 18.4 Å². The van der Waals surface area contributed by atoms with Crippen molar-refractivity contribution in [3.63, 3.8) is 0 Å². The molecule has 1 fully saturated rings. The van der Waals surface area contributed by atoms with E-state index in [1.165, 1.54) is 33.6 Å². The number of aliphatic hydroxyl groups is 1. The number of nitrogens with zero attached hydrogens (tertiary/aromatic N) is 3. The maximum absolute atomic E-state index is 12.6. The second-order valence-electron chi connectivity index (χ2n) is 15.4. The van der Waals surface area contributed by atoms with Crippen LogP contribution >= 0.6 is 19.4 Å². The number of imide groups is 1. The van der Waals surface area contributed by atoms with E-state index >= 15 is 0 Å². The Balaban J connectivity index is 0.000000241. The van der Waals surface area contributed by atoms with Gasteiger partial charge in [0.05, 0.1) is 0 Å². The normalized spacial score (nSPS) is 16.0. The summed E-state index contributed by atoms with van der Waals surface area (Å²) in [6.07, 6.45) is -0.805. The minimum absolute atomic E-state index is 0.180. The molecule has 2 heterocycles. The number of aromatic hydroxyl groups is 1. The van der Waals surface area contributed by atoms with Crippen LogP contribution < -0.4 is 14.7 Å². The molecule has 1 N–H and O–H groups in total. The van der Waals surface area contributed by atoms with E-state index in [2.05, 4.69) is 113 Å². The number of para-hydroxylation sites is 3. The molecule has 3 aromatic rings. The van der Waals surface area contributed by atoms with Crippen LogP contribution in [0, 0.1) is 12.6 Å². The summed E-state index contributed by atoms with van der Waals surface area (Å²) in [5.74, 6) is 2.42. The fourth-order valence-corrected chi connectivity index (χ4v) is 8.59. The van der Waals surface area contributed by atoms with E-state index in [0.717, 1.165) is 23.6 Å². The van der Waals surface area contributed by atoms with Gasteiger partial charge in [0, 0.05) is 24.5 Å². The fourth-order valence-electron chi connectivity index (χ4n) is 6.80. The van der Waals surface area contributed by atoms with Crippen molar-refractivity contribution in [1.29, 1.82) is 0 Å². The number of hydrogen-bond donors (Lipinski definition) is 0.